The van der Waals surface area contributed by atoms with Crippen LogP contribution in [-0.2, 0) is 9.53 Å². The fourth-order valence-corrected chi connectivity index (χ4v) is 3.81. The van der Waals surface area contributed by atoms with E-state index in [1.54, 1.807) is 34.1 Å². The monoisotopic (exact) mass is 425 g/mol. The predicted molar refractivity (Wildman–Crippen MR) is 112 cm³/mol. The summed E-state index contributed by atoms with van der Waals surface area (Å²) in [4.78, 5) is 41.1. The van der Waals surface area contributed by atoms with Crippen LogP contribution in [0.2, 0.25) is 0 Å². The third-order valence-corrected chi connectivity index (χ3v) is 5.54. The number of anilines is 1. The van der Waals surface area contributed by atoms with Crippen LogP contribution in [0.3, 0.4) is 0 Å². The van der Waals surface area contributed by atoms with Gasteiger partial charge < -0.3 is 19.9 Å². The number of hydrogen-bond donors (Lipinski definition) is 1. The number of benzene rings is 2. The fourth-order valence-electron chi connectivity index (χ4n) is 3.81. The van der Waals surface area contributed by atoms with Crippen molar-refractivity contribution in [2.24, 2.45) is 0 Å². The molecular weight excluding hydrogens is 401 g/mol. The first-order valence-electron chi connectivity index (χ1n) is 10.4. The molecule has 2 fully saturated rings. The highest BCUT2D eigenvalue weighted by molar-refractivity contribution is 5.98. The molecule has 31 heavy (non-hydrogen) atoms. The number of amides is 3. The molecule has 0 saturated carbocycles. The van der Waals surface area contributed by atoms with Crippen LogP contribution in [0.25, 0.3) is 0 Å². The highest BCUT2D eigenvalue weighted by Crippen LogP contribution is 2.18. The highest BCUT2D eigenvalue weighted by Gasteiger charge is 2.26. The number of ether oxygens (including phenoxy) is 1. The van der Waals surface area contributed by atoms with Crippen molar-refractivity contribution >= 4 is 23.4 Å². The van der Waals surface area contributed by atoms with E-state index in [1.807, 2.05) is 0 Å². The normalized spacial score (nSPS) is 18.7. The topological polar surface area (TPSA) is 79.0 Å². The maximum Gasteiger partial charge on any atom is 0.254 e. The van der Waals surface area contributed by atoms with Crippen LogP contribution in [0.15, 0.2) is 48.5 Å². The van der Waals surface area contributed by atoms with Gasteiger partial charge in [-0.25, -0.2) is 4.39 Å². The molecule has 2 aliphatic heterocycles. The second-order valence-corrected chi connectivity index (χ2v) is 7.66. The van der Waals surface area contributed by atoms with Gasteiger partial charge >= 0.3 is 0 Å². The molecule has 0 unspecified atom stereocenters. The zero-order chi connectivity index (χ0) is 21.8. The molecule has 0 aromatic heterocycles. The van der Waals surface area contributed by atoms with Gasteiger partial charge in [0.05, 0.1) is 0 Å². The Bertz CT molecular complexity index is 965. The molecule has 3 amide bonds. The van der Waals surface area contributed by atoms with Crippen molar-refractivity contribution < 1.29 is 23.5 Å². The van der Waals surface area contributed by atoms with Gasteiger partial charge in [-0.1, -0.05) is 6.07 Å². The van der Waals surface area contributed by atoms with Crippen LogP contribution in [0, 0.1) is 5.82 Å². The van der Waals surface area contributed by atoms with Crippen LogP contribution in [0.4, 0.5) is 10.1 Å². The van der Waals surface area contributed by atoms with Gasteiger partial charge in [-0.2, -0.15) is 0 Å². The van der Waals surface area contributed by atoms with Gasteiger partial charge in [0.1, 0.15) is 11.9 Å². The molecule has 0 radical (unpaired) electrons. The first kappa shape index (κ1) is 21.0. The standard InChI is InChI=1S/C23H24FN3O4/c24-18-8-6-16(7-9-18)22(29)26-10-12-27(13-11-26)23(30)17-3-1-4-19(15-17)25-21(28)20-5-2-14-31-20/h1,3-4,6-9,15,20H,2,5,10-14H2,(H,25,28)/t20-/m1/s1. The predicted octanol–water partition coefficient (Wildman–Crippen LogP) is 2.54. The van der Waals surface area contributed by atoms with E-state index < -0.39 is 6.10 Å². The Morgan fingerprint density at radius 1 is 0.903 bits per heavy atom. The number of rotatable bonds is 4. The summed E-state index contributed by atoms with van der Waals surface area (Å²) in [6.07, 6.45) is 1.13. The first-order chi connectivity index (χ1) is 15.0. The van der Waals surface area contributed by atoms with Crippen molar-refractivity contribution in [1.29, 1.82) is 0 Å². The molecule has 1 N–H and O–H groups in total. The molecule has 162 valence electrons. The summed E-state index contributed by atoms with van der Waals surface area (Å²) in [5.41, 5.74) is 1.45. The smallest absolute Gasteiger partial charge is 0.254 e. The van der Waals surface area contributed by atoms with E-state index >= 15 is 0 Å². The van der Waals surface area contributed by atoms with E-state index in [4.69, 9.17) is 4.74 Å². The summed E-state index contributed by atoms with van der Waals surface area (Å²) in [6, 6.07) is 12.3. The van der Waals surface area contributed by atoms with Crippen LogP contribution < -0.4 is 5.32 Å². The number of hydrogen-bond acceptors (Lipinski definition) is 4. The minimum Gasteiger partial charge on any atom is -0.368 e. The van der Waals surface area contributed by atoms with Crippen molar-refractivity contribution in [2.45, 2.75) is 18.9 Å². The summed E-state index contributed by atoms with van der Waals surface area (Å²) < 4.78 is 18.5. The van der Waals surface area contributed by atoms with E-state index in [0.717, 1.165) is 6.42 Å². The lowest BCUT2D eigenvalue weighted by molar-refractivity contribution is -0.124. The zero-order valence-corrected chi connectivity index (χ0v) is 17.1. The molecule has 0 bridgehead atoms. The minimum atomic E-state index is -0.439. The number of halogens is 1. The second kappa shape index (κ2) is 9.26. The summed E-state index contributed by atoms with van der Waals surface area (Å²) in [7, 11) is 0. The number of carbonyl (C=O) groups excluding carboxylic acids is 3. The maximum absolute atomic E-state index is 13.1. The SMILES string of the molecule is O=C(Nc1cccc(C(=O)N2CCN(C(=O)c3ccc(F)cc3)CC2)c1)[C@H]1CCCO1. The van der Waals surface area contributed by atoms with Crippen molar-refractivity contribution in [3.8, 4) is 0 Å². The van der Waals surface area contributed by atoms with Gasteiger partial charge in [0.2, 0.25) is 0 Å². The molecule has 7 nitrogen and oxygen atoms in total. The number of nitrogens with zero attached hydrogens (tertiary/aromatic N) is 2. The van der Waals surface area contributed by atoms with E-state index in [0.29, 0.717) is 56.0 Å². The zero-order valence-electron chi connectivity index (χ0n) is 17.1. The van der Waals surface area contributed by atoms with Crippen LogP contribution in [0.1, 0.15) is 33.6 Å². The molecule has 2 aliphatic rings. The molecule has 0 aliphatic carbocycles. The second-order valence-electron chi connectivity index (χ2n) is 7.66. The Morgan fingerprint density at radius 3 is 2.16 bits per heavy atom. The average Bonchev–Trinajstić information content (AvgIpc) is 3.34. The lowest BCUT2D eigenvalue weighted by Gasteiger charge is -2.35. The van der Waals surface area contributed by atoms with Crippen molar-refractivity contribution in [3.05, 3.63) is 65.5 Å². The quantitative estimate of drug-likeness (QED) is 0.817. The fraction of sp³-hybridized carbons (Fsp3) is 0.348. The van der Waals surface area contributed by atoms with Crippen LogP contribution in [0.5, 0.6) is 0 Å². The molecule has 2 aromatic carbocycles. The Hall–Kier alpha value is -3.26. The number of carbonyl (C=O) groups is 3. The Morgan fingerprint density at radius 2 is 1.55 bits per heavy atom. The molecule has 2 aromatic rings. The first-order valence-corrected chi connectivity index (χ1v) is 10.4. The average molecular weight is 425 g/mol. The largest absolute Gasteiger partial charge is 0.368 e. The van der Waals surface area contributed by atoms with Gasteiger partial charge in [-0.05, 0) is 55.3 Å². The van der Waals surface area contributed by atoms with E-state index in [2.05, 4.69) is 5.32 Å². The molecule has 2 heterocycles. The molecule has 0 spiro atoms. The van der Waals surface area contributed by atoms with Crippen LogP contribution in [-0.4, -0.2) is 66.4 Å². The Balaban J connectivity index is 1.34. The van der Waals surface area contributed by atoms with Gasteiger partial charge in [0.25, 0.3) is 17.7 Å². The summed E-state index contributed by atoms with van der Waals surface area (Å²) in [6.45, 7) is 2.19. The lowest BCUT2D eigenvalue weighted by Crippen LogP contribution is -2.50. The van der Waals surface area contributed by atoms with Gasteiger partial charge in [-0.3, -0.25) is 14.4 Å². The lowest BCUT2D eigenvalue weighted by atomic mass is 10.1. The molecular formula is C23H24FN3O4. The summed E-state index contributed by atoms with van der Waals surface area (Å²) in [5, 5.41) is 2.81. The van der Waals surface area contributed by atoms with Crippen LogP contribution >= 0.6 is 0 Å². The highest BCUT2D eigenvalue weighted by atomic mass is 19.1. The van der Waals surface area contributed by atoms with E-state index in [-0.39, 0.29) is 23.5 Å². The van der Waals surface area contributed by atoms with Crippen molar-refractivity contribution in [2.75, 3.05) is 38.1 Å². The van der Waals surface area contributed by atoms with Crippen molar-refractivity contribution in [3.63, 3.8) is 0 Å². The minimum absolute atomic E-state index is 0.151. The molecule has 8 heteroatoms. The molecule has 1 atom stereocenters. The van der Waals surface area contributed by atoms with Gasteiger partial charge in [0.15, 0.2) is 0 Å². The Labute approximate surface area is 179 Å². The molecule has 2 saturated heterocycles. The third kappa shape index (κ3) is 4.91. The van der Waals surface area contributed by atoms with Crippen molar-refractivity contribution in [1.82, 2.24) is 9.80 Å². The van der Waals surface area contributed by atoms with E-state index in [1.165, 1.54) is 24.3 Å². The third-order valence-electron chi connectivity index (χ3n) is 5.54. The number of piperazine rings is 1. The summed E-state index contributed by atoms with van der Waals surface area (Å²) >= 11 is 0. The van der Waals surface area contributed by atoms with Gasteiger partial charge in [0, 0.05) is 49.6 Å². The maximum atomic E-state index is 13.1. The summed E-state index contributed by atoms with van der Waals surface area (Å²) in [5.74, 6) is -0.913. The van der Waals surface area contributed by atoms with Gasteiger partial charge in [-0.15, -0.1) is 0 Å². The van der Waals surface area contributed by atoms with E-state index in [9.17, 15) is 18.8 Å². The molecule has 4 rings (SSSR count). The Kier molecular flexibility index (Phi) is 6.27. The number of nitrogens with one attached hydrogen (secondary N) is 1.